The van der Waals surface area contributed by atoms with E-state index in [2.05, 4.69) is 17.3 Å². The molecule has 0 aliphatic carbocycles. The zero-order valence-electron chi connectivity index (χ0n) is 11.7. The first-order valence-corrected chi connectivity index (χ1v) is 7.14. The smallest absolute Gasteiger partial charge is 0.142 e. The van der Waals surface area contributed by atoms with E-state index in [-0.39, 0.29) is 16.9 Å². The van der Waals surface area contributed by atoms with E-state index < -0.39 is 0 Å². The minimum atomic E-state index is -0.376. The lowest BCUT2D eigenvalue weighted by molar-refractivity contribution is 0.524. The minimum Gasteiger partial charge on any atom is -0.310 e. The lowest BCUT2D eigenvalue weighted by Crippen LogP contribution is -2.24. The van der Waals surface area contributed by atoms with Gasteiger partial charge >= 0.3 is 0 Å². The van der Waals surface area contributed by atoms with E-state index in [4.69, 9.17) is 11.6 Å². The fourth-order valence-corrected chi connectivity index (χ4v) is 2.47. The summed E-state index contributed by atoms with van der Waals surface area (Å²) in [6.45, 7) is 2.96. The van der Waals surface area contributed by atoms with Gasteiger partial charge in [-0.2, -0.15) is 5.10 Å². The number of hydrogen-bond donors (Lipinski definition) is 1. The summed E-state index contributed by atoms with van der Waals surface area (Å²) in [6.07, 6.45) is 5.54. The van der Waals surface area contributed by atoms with Crippen LogP contribution in [0.5, 0.6) is 0 Å². The highest BCUT2D eigenvalue weighted by Crippen LogP contribution is 2.28. The fraction of sp³-hybridized carbons (Fsp3) is 0.400. The summed E-state index contributed by atoms with van der Waals surface area (Å²) in [5.74, 6) is -0.376. The van der Waals surface area contributed by atoms with Crippen LogP contribution in [0.3, 0.4) is 0 Å². The van der Waals surface area contributed by atoms with Crippen LogP contribution in [0.4, 0.5) is 4.39 Å². The van der Waals surface area contributed by atoms with Crippen LogP contribution < -0.4 is 5.32 Å². The molecule has 1 aromatic carbocycles. The third kappa shape index (κ3) is 3.58. The van der Waals surface area contributed by atoms with Crippen molar-refractivity contribution in [3.63, 3.8) is 0 Å². The Balaban J connectivity index is 2.24. The summed E-state index contributed by atoms with van der Waals surface area (Å²) in [5.41, 5.74) is 1.89. The average Bonchev–Trinajstić information content (AvgIpc) is 2.83. The fourth-order valence-electron chi connectivity index (χ4n) is 2.21. The number of aryl methyl sites for hydroxylation is 1. The Hall–Kier alpha value is -1.39. The molecule has 1 atom stereocenters. The van der Waals surface area contributed by atoms with Crippen LogP contribution in [0.1, 0.15) is 30.5 Å². The van der Waals surface area contributed by atoms with Crippen molar-refractivity contribution < 1.29 is 4.39 Å². The van der Waals surface area contributed by atoms with Crippen molar-refractivity contribution in [3.05, 3.63) is 52.6 Å². The Kier molecular flexibility index (Phi) is 5.15. The molecule has 0 saturated heterocycles. The number of nitrogens with zero attached hydrogens (tertiary/aromatic N) is 2. The van der Waals surface area contributed by atoms with Gasteiger partial charge in [0.2, 0.25) is 0 Å². The highest BCUT2D eigenvalue weighted by Gasteiger charge is 2.17. The number of hydrogen-bond acceptors (Lipinski definition) is 2. The standard InChI is InChI=1S/C15H19ClFN3/c1-3-7-18-14(8-11-9-19-20(2)10-11)12-5-4-6-13(17)15(12)16/h4-6,9-10,14,18H,3,7-8H2,1-2H3. The molecule has 0 amide bonds. The van der Waals surface area contributed by atoms with Gasteiger partial charge in [0.15, 0.2) is 0 Å². The van der Waals surface area contributed by atoms with Gasteiger partial charge in [-0.25, -0.2) is 4.39 Å². The molecule has 0 radical (unpaired) electrons. The van der Waals surface area contributed by atoms with Gasteiger partial charge in [0.25, 0.3) is 0 Å². The van der Waals surface area contributed by atoms with Gasteiger partial charge in [-0.3, -0.25) is 4.68 Å². The van der Waals surface area contributed by atoms with E-state index in [0.717, 1.165) is 30.5 Å². The second kappa shape index (κ2) is 6.86. The number of benzene rings is 1. The Bertz CT molecular complexity index is 568. The van der Waals surface area contributed by atoms with Gasteiger partial charge in [0.05, 0.1) is 11.2 Å². The monoisotopic (exact) mass is 295 g/mol. The van der Waals surface area contributed by atoms with Crippen LogP contribution in [0.2, 0.25) is 5.02 Å². The van der Waals surface area contributed by atoms with E-state index in [1.54, 1.807) is 10.7 Å². The molecule has 0 aliphatic rings. The summed E-state index contributed by atoms with van der Waals surface area (Å²) < 4.78 is 15.4. The molecular formula is C15H19ClFN3. The second-order valence-electron chi connectivity index (χ2n) is 4.88. The van der Waals surface area contributed by atoms with E-state index in [0.29, 0.717) is 0 Å². The van der Waals surface area contributed by atoms with Crippen LogP contribution in [0.15, 0.2) is 30.6 Å². The van der Waals surface area contributed by atoms with Crippen LogP contribution >= 0.6 is 11.6 Å². The van der Waals surface area contributed by atoms with Crippen LogP contribution in [0.25, 0.3) is 0 Å². The normalized spacial score (nSPS) is 12.6. The first-order valence-electron chi connectivity index (χ1n) is 6.76. The molecule has 1 heterocycles. The van der Waals surface area contributed by atoms with Crippen LogP contribution in [-0.2, 0) is 13.5 Å². The average molecular weight is 296 g/mol. The zero-order chi connectivity index (χ0) is 14.5. The third-order valence-electron chi connectivity index (χ3n) is 3.20. The summed E-state index contributed by atoms with van der Waals surface area (Å²) in [7, 11) is 1.88. The number of aromatic nitrogens is 2. The van der Waals surface area contributed by atoms with E-state index in [1.165, 1.54) is 6.07 Å². The lowest BCUT2D eigenvalue weighted by Gasteiger charge is -2.19. The number of nitrogens with one attached hydrogen (secondary N) is 1. The van der Waals surface area contributed by atoms with Crippen molar-refractivity contribution in [3.8, 4) is 0 Å². The maximum absolute atomic E-state index is 13.6. The largest absolute Gasteiger partial charge is 0.310 e. The Morgan fingerprint density at radius 1 is 1.45 bits per heavy atom. The Labute approximate surface area is 123 Å². The SMILES string of the molecule is CCCNC(Cc1cnn(C)c1)c1cccc(F)c1Cl. The van der Waals surface area contributed by atoms with Crippen molar-refractivity contribution in [1.29, 1.82) is 0 Å². The molecule has 1 aromatic heterocycles. The predicted molar refractivity (Wildman–Crippen MR) is 79.4 cm³/mol. The van der Waals surface area contributed by atoms with Gasteiger partial charge < -0.3 is 5.32 Å². The minimum absolute atomic E-state index is 0.0117. The maximum Gasteiger partial charge on any atom is 0.142 e. The zero-order valence-corrected chi connectivity index (χ0v) is 12.5. The molecule has 0 spiro atoms. The first kappa shape index (κ1) is 15.0. The van der Waals surface area contributed by atoms with E-state index in [1.807, 2.05) is 25.5 Å². The van der Waals surface area contributed by atoms with Gasteiger partial charge in [0.1, 0.15) is 5.82 Å². The number of halogens is 2. The van der Waals surface area contributed by atoms with Gasteiger partial charge in [-0.05, 0) is 36.6 Å². The summed E-state index contributed by atoms with van der Waals surface area (Å²) in [6, 6.07) is 4.94. The molecule has 2 aromatic rings. The van der Waals surface area contributed by atoms with Gasteiger partial charge in [-0.15, -0.1) is 0 Å². The predicted octanol–water partition coefficient (Wildman–Crippen LogP) is 3.50. The van der Waals surface area contributed by atoms with Crippen molar-refractivity contribution in [1.82, 2.24) is 15.1 Å². The molecular weight excluding hydrogens is 277 g/mol. The lowest BCUT2D eigenvalue weighted by atomic mass is 10.00. The molecule has 1 N–H and O–H groups in total. The molecule has 1 unspecified atom stereocenters. The summed E-state index contributed by atoms with van der Waals surface area (Å²) in [5, 5.41) is 7.79. The molecule has 3 nitrogen and oxygen atoms in total. The summed E-state index contributed by atoms with van der Waals surface area (Å²) >= 11 is 6.10. The molecule has 0 fully saturated rings. The van der Waals surface area contributed by atoms with Gasteiger partial charge in [-0.1, -0.05) is 30.7 Å². The molecule has 2 rings (SSSR count). The molecule has 20 heavy (non-hydrogen) atoms. The number of rotatable bonds is 6. The second-order valence-corrected chi connectivity index (χ2v) is 5.25. The van der Waals surface area contributed by atoms with Crippen molar-refractivity contribution >= 4 is 11.6 Å². The Morgan fingerprint density at radius 2 is 2.25 bits per heavy atom. The van der Waals surface area contributed by atoms with Gasteiger partial charge in [0, 0.05) is 19.3 Å². The van der Waals surface area contributed by atoms with Crippen molar-refractivity contribution in [2.45, 2.75) is 25.8 Å². The van der Waals surface area contributed by atoms with Crippen LogP contribution in [0, 0.1) is 5.82 Å². The highest BCUT2D eigenvalue weighted by molar-refractivity contribution is 6.31. The van der Waals surface area contributed by atoms with Crippen molar-refractivity contribution in [2.24, 2.45) is 7.05 Å². The molecule has 5 heteroatoms. The molecule has 0 bridgehead atoms. The molecule has 0 saturated carbocycles. The molecule has 0 aliphatic heterocycles. The first-order chi connectivity index (χ1) is 9.61. The molecule has 108 valence electrons. The summed E-state index contributed by atoms with van der Waals surface area (Å²) in [4.78, 5) is 0. The quantitative estimate of drug-likeness (QED) is 0.884. The highest BCUT2D eigenvalue weighted by atomic mass is 35.5. The topological polar surface area (TPSA) is 29.9 Å². The third-order valence-corrected chi connectivity index (χ3v) is 3.59. The Morgan fingerprint density at radius 3 is 2.90 bits per heavy atom. The van der Waals surface area contributed by atoms with E-state index >= 15 is 0 Å². The van der Waals surface area contributed by atoms with Crippen molar-refractivity contribution in [2.75, 3.05) is 6.54 Å². The van der Waals surface area contributed by atoms with Crippen LogP contribution in [-0.4, -0.2) is 16.3 Å². The maximum atomic E-state index is 13.6. The van der Waals surface area contributed by atoms with E-state index in [9.17, 15) is 4.39 Å².